The quantitative estimate of drug-likeness (QED) is 0.295. The third-order valence-corrected chi connectivity index (χ3v) is 5.61. The second-order valence-corrected chi connectivity index (χ2v) is 7.99. The van der Waals surface area contributed by atoms with Gasteiger partial charge in [0, 0.05) is 30.0 Å². The van der Waals surface area contributed by atoms with Crippen molar-refractivity contribution in [1.82, 2.24) is 19.5 Å². The van der Waals surface area contributed by atoms with E-state index in [1.54, 1.807) is 17.0 Å². The Kier molecular flexibility index (Phi) is 6.72. The highest BCUT2D eigenvalue weighted by Gasteiger charge is 2.13. The van der Waals surface area contributed by atoms with Gasteiger partial charge in [-0.05, 0) is 42.5 Å². The lowest BCUT2D eigenvalue weighted by Gasteiger charge is -2.14. The molecule has 0 radical (unpaired) electrons. The van der Waals surface area contributed by atoms with E-state index in [2.05, 4.69) is 25.0 Å². The Morgan fingerprint density at radius 1 is 1.12 bits per heavy atom. The lowest BCUT2D eigenvalue weighted by atomic mass is 10.0. The molecular formula is C22H22FN6O2S-. The summed E-state index contributed by atoms with van der Waals surface area (Å²) >= 11 is -2.37. The molecule has 0 aliphatic carbocycles. The molecule has 32 heavy (non-hydrogen) atoms. The van der Waals surface area contributed by atoms with E-state index < -0.39 is 17.3 Å². The van der Waals surface area contributed by atoms with Crippen molar-refractivity contribution in [3.63, 3.8) is 0 Å². The Hall–Kier alpha value is -3.37. The van der Waals surface area contributed by atoms with Crippen molar-refractivity contribution >= 4 is 33.9 Å². The zero-order valence-electron chi connectivity index (χ0n) is 17.4. The number of aryl methyl sites for hydroxylation is 2. The molecule has 0 bridgehead atoms. The van der Waals surface area contributed by atoms with Crippen molar-refractivity contribution in [2.24, 2.45) is 0 Å². The highest BCUT2D eigenvalue weighted by atomic mass is 32.2. The SMILES string of the molecule is Cc1c(CCCn2cnc3c(NCc4ccccc4)nc(F)nc32)cccc1NS(=O)[O-]. The van der Waals surface area contributed by atoms with E-state index in [-0.39, 0.29) is 0 Å². The Morgan fingerprint density at radius 2 is 1.94 bits per heavy atom. The Bertz CT molecular complexity index is 1250. The van der Waals surface area contributed by atoms with Gasteiger partial charge in [-0.3, -0.25) is 4.21 Å². The number of aromatic nitrogens is 4. The minimum absolute atomic E-state index is 0.357. The first kappa shape index (κ1) is 21.8. The third kappa shape index (κ3) is 5.09. The van der Waals surface area contributed by atoms with Crippen LogP contribution in [0, 0.1) is 13.0 Å². The molecule has 0 saturated carbocycles. The molecule has 2 heterocycles. The summed E-state index contributed by atoms with van der Waals surface area (Å²) in [6.45, 7) is 2.96. The molecule has 0 fully saturated rings. The van der Waals surface area contributed by atoms with E-state index in [1.807, 2.05) is 49.4 Å². The van der Waals surface area contributed by atoms with Crippen LogP contribution < -0.4 is 10.0 Å². The lowest BCUT2D eigenvalue weighted by molar-refractivity contribution is 0.540. The van der Waals surface area contributed by atoms with Gasteiger partial charge in [-0.1, -0.05) is 42.5 Å². The van der Waals surface area contributed by atoms with Crippen LogP contribution >= 0.6 is 0 Å². The first-order chi connectivity index (χ1) is 15.5. The fourth-order valence-electron chi connectivity index (χ4n) is 3.58. The van der Waals surface area contributed by atoms with Crippen LogP contribution in [0.2, 0.25) is 0 Å². The van der Waals surface area contributed by atoms with E-state index in [9.17, 15) is 13.2 Å². The van der Waals surface area contributed by atoms with E-state index in [1.165, 1.54) is 0 Å². The number of benzene rings is 2. The van der Waals surface area contributed by atoms with Gasteiger partial charge in [-0.2, -0.15) is 14.4 Å². The molecule has 10 heteroatoms. The van der Waals surface area contributed by atoms with Gasteiger partial charge in [0.25, 0.3) is 0 Å². The number of hydrogen-bond donors (Lipinski definition) is 2. The van der Waals surface area contributed by atoms with Crippen LogP contribution in [-0.4, -0.2) is 28.3 Å². The normalized spacial score (nSPS) is 12.1. The second kappa shape index (κ2) is 9.84. The molecule has 2 aromatic carbocycles. The van der Waals surface area contributed by atoms with Crippen molar-refractivity contribution in [2.75, 3.05) is 10.0 Å². The van der Waals surface area contributed by atoms with Gasteiger partial charge in [-0.25, -0.2) is 4.98 Å². The zero-order valence-corrected chi connectivity index (χ0v) is 18.2. The molecule has 0 aliphatic rings. The van der Waals surface area contributed by atoms with Gasteiger partial charge >= 0.3 is 6.08 Å². The summed E-state index contributed by atoms with van der Waals surface area (Å²) in [5.41, 5.74) is 4.48. The maximum atomic E-state index is 14.1. The summed E-state index contributed by atoms with van der Waals surface area (Å²) in [5.74, 6) is 0.357. The van der Waals surface area contributed by atoms with E-state index in [0.29, 0.717) is 35.8 Å². The van der Waals surface area contributed by atoms with Gasteiger partial charge in [0.2, 0.25) is 0 Å². The van der Waals surface area contributed by atoms with Crippen LogP contribution in [-0.2, 0) is 30.8 Å². The maximum absolute atomic E-state index is 14.1. The first-order valence-corrected chi connectivity index (χ1v) is 11.2. The molecule has 2 aromatic heterocycles. The number of nitrogens with zero attached hydrogens (tertiary/aromatic N) is 4. The smallest absolute Gasteiger partial charge is 0.312 e. The number of hydrogen-bond acceptors (Lipinski definition) is 6. The highest BCUT2D eigenvalue weighted by molar-refractivity contribution is 7.80. The topological polar surface area (TPSA) is 108 Å². The maximum Gasteiger partial charge on any atom is 0.312 e. The molecule has 0 spiro atoms. The summed E-state index contributed by atoms with van der Waals surface area (Å²) < 4.78 is 40.2. The molecule has 0 saturated heterocycles. The molecule has 166 valence electrons. The number of nitrogens with one attached hydrogen (secondary N) is 2. The van der Waals surface area contributed by atoms with Crippen molar-refractivity contribution < 1.29 is 13.2 Å². The fraction of sp³-hybridized carbons (Fsp3) is 0.227. The monoisotopic (exact) mass is 453 g/mol. The molecule has 4 aromatic rings. The van der Waals surface area contributed by atoms with E-state index in [0.717, 1.165) is 29.5 Å². The summed E-state index contributed by atoms with van der Waals surface area (Å²) in [4.78, 5) is 12.2. The Morgan fingerprint density at radius 3 is 2.72 bits per heavy atom. The van der Waals surface area contributed by atoms with Gasteiger partial charge < -0.3 is 19.2 Å². The Balaban J connectivity index is 1.46. The molecule has 0 amide bonds. The average Bonchev–Trinajstić information content (AvgIpc) is 3.18. The number of fused-ring (bicyclic) bond motifs is 1. The molecular weight excluding hydrogens is 431 g/mol. The molecule has 0 aliphatic heterocycles. The zero-order chi connectivity index (χ0) is 22.5. The van der Waals surface area contributed by atoms with Crippen LogP contribution in [0.15, 0.2) is 54.9 Å². The van der Waals surface area contributed by atoms with Crippen LogP contribution in [0.3, 0.4) is 0 Å². The second-order valence-electron chi connectivity index (χ2n) is 7.32. The number of halogens is 1. The summed E-state index contributed by atoms with van der Waals surface area (Å²) in [6.07, 6.45) is 2.29. The number of anilines is 2. The number of imidazole rings is 1. The van der Waals surface area contributed by atoms with E-state index >= 15 is 0 Å². The summed E-state index contributed by atoms with van der Waals surface area (Å²) in [7, 11) is 0. The van der Waals surface area contributed by atoms with Crippen LogP contribution in [0.4, 0.5) is 15.9 Å². The molecule has 8 nitrogen and oxygen atoms in total. The van der Waals surface area contributed by atoms with Gasteiger partial charge in [0.15, 0.2) is 17.0 Å². The van der Waals surface area contributed by atoms with Gasteiger partial charge in [-0.15, -0.1) is 0 Å². The molecule has 2 N–H and O–H groups in total. The predicted octanol–water partition coefficient (Wildman–Crippen LogP) is 3.72. The fourth-order valence-corrected chi connectivity index (χ4v) is 3.98. The minimum Gasteiger partial charge on any atom is -0.755 e. The molecule has 1 atom stereocenters. The average molecular weight is 454 g/mol. The minimum atomic E-state index is -2.37. The van der Waals surface area contributed by atoms with E-state index in [4.69, 9.17) is 0 Å². The van der Waals surface area contributed by atoms with Crippen LogP contribution in [0.1, 0.15) is 23.1 Å². The summed E-state index contributed by atoms with van der Waals surface area (Å²) in [5, 5.41) is 3.14. The number of rotatable bonds is 9. The molecule has 1 unspecified atom stereocenters. The standard InChI is InChI=1S/C22H23FN6O2S/c1-15-17(9-5-11-18(15)28-32(30)31)10-6-12-29-14-25-19-20(26-22(23)27-21(19)29)24-13-16-7-3-2-4-8-16/h2-5,7-9,11,14,28H,6,10,12-13H2,1H3,(H,30,31)(H,24,26,27)/p-1. The summed E-state index contributed by atoms with van der Waals surface area (Å²) in [6, 6.07) is 15.3. The predicted molar refractivity (Wildman–Crippen MR) is 121 cm³/mol. The van der Waals surface area contributed by atoms with Gasteiger partial charge in [0.05, 0.1) is 6.33 Å². The highest BCUT2D eigenvalue weighted by Crippen LogP contribution is 2.22. The third-order valence-electron chi connectivity index (χ3n) is 5.22. The first-order valence-electron chi connectivity index (χ1n) is 10.1. The largest absolute Gasteiger partial charge is 0.755 e. The van der Waals surface area contributed by atoms with Crippen LogP contribution in [0.25, 0.3) is 11.2 Å². The Labute approximate surface area is 187 Å². The van der Waals surface area contributed by atoms with Crippen molar-refractivity contribution in [2.45, 2.75) is 32.9 Å². The van der Waals surface area contributed by atoms with Gasteiger partial charge in [0.1, 0.15) is 0 Å². The van der Waals surface area contributed by atoms with Crippen molar-refractivity contribution in [1.29, 1.82) is 0 Å². The molecule has 4 rings (SSSR count). The lowest BCUT2D eigenvalue weighted by Crippen LogP contribution is -2.07. The van der Waals surface area contributed by atoms with Crippen molar-refractivity contribution in [3.8, 4) is 0 Å². The van der Waals surface area contributed by atoms with Crippen molar-refractivity contribution in [3.05, 3.63) is 77.6 Å². The van der Waals surface area contributed by atoms with Crippen LogP contribution in [0.5, 0.6) is 0 Å².